The fraction of sp³-hybridized carbons (Fsp3) is 0.750. The number of benzene rings is 1. The molecule has 1 aromatic rings. The lowest BCUT2D eigenvalue weighted by molar-refractivity contribution is 0.0540. The van der Waals surface area contributed by atoms with Gasteiger partial charge in [-0.1, -0.05) is 25.0 Å². The van der Waals surface area contributed by atoms with Gasteiger partial charge in [0.2, 0.25) is 0 Å². The van der Waals surface area contributed by atoms with Crippen molar-refractivity contribution in [2.45, 2.75) is 70.1 Å². The molecule has 0 N–H and O–H groups in total. The van der Waals surface area contributed by atoms with Crippen LogP contribution in [-0.4, -0.2) is 61.8 Å². The molecule has 3 aliphatic rings. The number of likely N-dealkylation sites (tertiary alicyclic amines) is 1. The van der Waals surface area contributed by atoms with Crippen molar-refractivity contribution >= 4 is 0 Å². The Bertz CT molecular complexity index is 571. The maximum absolute atomic E-state index is 5.96. The highest BCUT2D eigenvalue weighted by Gasteiger charge is 2.28. The minimum atomic E-state index is 0.428. The van der Waals surface area contributed by atoms with Crippen molar-refractivity contribution in [1.82, 2.24) is 9.80 Å². The van der Waals surface area contributed by atoms with Gasteiger partial charge in [-0.25, -0.2) is 0 Å². The van der Waals surface area contributed by atoms with Crippen molar-refractivity contribution in [1.29, 1.82) is 0 Å². The molecule has 1 aliphatic carbocycles. The molecule has 2 heterocycles. The highest BCUT2D eigenvalue weighted by molar-refractivity contribution is 5.27. The Hall–Kier alpha value is -1.10. The monoisotopic (exact) mass is 386 g/mol. The second kappa shape index (κ2) is 10.1. The maximum atomic E-state index is 5.96. The summed E-state index contributed by atoms with van der Waals surface area (Å²) in [6.45, 7) is 6.88. The summed E-state index contributed by atoms with van der Waals surface area (Å²) in [6.07, 6.45) is 11.4. The van der Waals surface area contributed by atoms with Crippen LogP contribution in [-0.2, 0) is 11.3 Å². The van der Waals surface area contributed by atoms with Crippen LogP contribution < -0.4 is 4.74 Å². The van der Waals surface area contributed by atoms with Gasteiger partial charge in [0.1, 0.15) is 5.75 Å². The van der Waals surface area contributed by atoms with Crippen LogP contribution in [0, 0.1) is 5.92 Å². The summed E-state index contributed by atoms with van der Waals surface area (Å²) >= 11 is 0. The standard InChI is InChI=1S/C24H38N2O2/c1-27-23-10-8-20(9-11-23)17-25(19-24-7-4-16-28-24)18-21-12-14-26(15-13-21)22-5-2-3-6-22/h8-11,21-22,24H,2-7,12-19H2,1H3/t24-/m1/s1. The summed E-state index contributed by atoms with van der Waals surface area (Å²) in [5.41, 5.74) is 1.38. The van der Waals surface area contributed by atoms with Crippen molar-refractivity contribution in [2.24, 2.45) is 5.92 Å². The molecule has 1 aromatic carbocycles. The second-order valence-electron chi connectivity index (χ2n) is 9.09. The first-order valence-electron chi connectivity index (χ1n) is 11.5. The van der Waals surface area contributed by atoms with Crippen molar-refractivity contribution < 1.29 is 9.47 Å². The van der Waals surface area contributed by atoms with Crippen LogP contribution in [0.15, 0.2) is 24.3 Å². The summed E-state index contributed by atoms with van der Waals surface area (Å²) < 4.78 is 11.3. The maximum Gasteiger partial charge on any atom is 0.118 e. The first-order valence-corrected chi connectivity index (χ1v) is 11.5. The van der Waals surface area contributed by atoms with Gasteiger partial charge < -0.3 is 14.4 Å². The Morgan fingerprint density at radius 3 is 2.36 bits per heavy atom. The molecule has 0 spiro atoms. The average Bonchev–Trinajstić information content (AvgIpc) is 3.43. The molecule has 2 saturated heterocycles. The first kappa shape index (κ1) is 20.2. The predicted molar refractivity (Wildman–Crippen MR) is 114 cm³/mol. The van der Waals surface area contributed by atoms with E-state index in [1.54, 1.807) is 7.11 Å². The molecule has 0 amide bonds. The van der Waals surface area contributed by atoms with Gasteiger partial charge in [0.15, 0.2) is 0 Å². The zero-order valence-electron chi connectivity index (χ0n) is 17.7. The normalized spacial score (nSPS) is 25.0. The fourth-order valence-electron chi connectivity index (χ4n) is 5.40. The summed E-state index contributed by atoms with van der Waals surface area (Å²) in [4.78, 5) is 5.45. The zero-order chi connectivity index (χ0) is 19.2. The van der Waals surface area contributed by atoms with Crippen LogP contribution in [0.5, 0.6) is 5.75 Å². The summed E-state index contributed by atoms with van der Waals surface area (Å²) in [5.74, 6) is 1.77. The molecule has 4 nitrogen and oxygen atoms in total. The molecule has 1 saturated carbocycles. The van der Waals surface area contributed by atoms with Crippen LogP contribution >= 0.6 is 0 Å². The molecule has 4 heteroatoms. The topological polar surface area (TPSA) is 24.9 Å². The SMILES string of the molecule is COc1ccc(CN(CC2CCN(C3CCCC3)CC2)C[C@H]2CCCO2)cc1. The van der Waals surface area contributed by atoms with Crippen LogP contribution in [0.4, 0.5) is 0 Å². The van der Waals surface area contributed by atoms with Gasteiger partial charge in [0.25, 0.3) is 0 Å². The third-order valence-electron chi connectivity index (χ3n) is 7.06. The number of hydrogen-bond donors (Lipinski definition) is 0. The van der Waals surface area contributed by atoms with E-state index in [0.29, 0.717) is 6.10 Å². The van der Waals surface area contributed by atoms with E-state index < -0.39 is 0 Å². The number of methoxy groups -OCH3 is 1. The van der Waals surface area contributed by atoms with Crippen LogP contribution in [0.2, 0.25) is 0 Å². The highest BCUT2D eigenvalue weighted by atomic mass is 16.5. The minimum Gasteiger partial charge on any atom is -0.497 e. The van der Waals surface area contributed by atoms with E-state index in [9.17, 15) is 0 Å². The Balaban J connectivity index is 1.32. The van der Waals surface area contributed by atoms with Crippen LogP contribution in [0.25, 0.3) is 0 Å². The molecule has 0 aromatic heterocycles. The fourth-order valence-corrected chi connectivity index (χ4v) is 5.40. The molecule has 0 radical (unpaired) electrons. The predicted octanol–water partition coefficient (Wildman–Crippen LogP) is 4.33. The lowest BCUT2D eigenvalue weighted by atomic mass is 9.94. The molecule has 1 atom stereocenters. The first-order chi connectivity index (χ1) is 13.8. The van der Waals surface area contributed by atoms with E-state index in [0.717, 1.165) is 37.4 Å². The van der Waals surface area contributed by atoms with E-state index >= 15 is 0 Å². The van der Waals surface area contributed by atoms with Crippen LogP contribution in [0.3, 0.4) is 0 Å². The molecular formula is C24H38N2O2. The second-order valence-corrected chi connectivity index (χ2v) is 9.09. The van der Waals surface area contributed by atoms with Crippen molar-refractivity contribution in [3.63, 3.8) is 0 Å². The number of piperidine rings is 1. The molecule has 28 heavy (non-hydrogen) atoms. The third-order valence-corrected chi connectivity index (χ3v) is 7.06. The van der Waals surface area contributed by atoms with Gasteiger partial charge >= 0.3 is 0 Å². The lowest BCUT2D eigenvalue weighted by Gasteiger charge is -2.38. The van der Waals surface area contributed by atoms with Crippen molar-refractivity contribution in [2.75, 3.05) is 39.9 Å². The number of hydrogen-bond acceptors (Lipinski definition) is 4. The van der Waals surface area contributed by atoms with E-state index in [1.165, 1.54) is 76.6 Å². The Morgan fingerprint density at radius 2 is 1.71 bits per heavy atom. The van der Waals surface area contributed by atoms with Gasteiger partial charge in [0, 0.05) is 32.3 Å². The molecule has 0 unspecified atom stereocenters. The molecule has 4 rings (SSSR count). The average molecular weight is 387 g/mol. The van der Waals surface area contributed by atoms with Crippen LogP contribution in [0.1, 0.15) is 56.9 Å². The van der Waals surface area contributed by atoms with Crippen molar-refractivity contribution in [3.05, 3.63) is 29.8 Å². The molecule has 156 valence electrons. The highest BCUT2D eigenvalue weighted by Crippen LogP contribution is 2.29. The summed E-state index contributed by atoms with van der Waals surface area (Å²) in [6, 6.07) is 9.48. The minimum absolute atomic E-state index is 0.428. The summed E-state index contributed by atoms with van der Waals surface area (Å²) in [5, 5.41) is 0. The van der Waals surface area contributed by atoms with E-state index in [1.807, 2.05) is 0 Å². The van der Waals surface area contributed by atoms with E-state index in [2.05, 4.69) is 34.1 Å². The lowest BCUT2D eigenvalue weighted by Crippen LogP contribution is -2.43. The van der Waals surface area contributed by atoms with Crippen molar-refractivity contribution in [3.8, 4) is 5.75 Å². The number of rotatable bonds is 8. The molecule has 2 aliphatic heterocycles. The van der Waals surface area contributed by atoms with Gasteiger partial charge in [-0.05, 0) is 75.2 Å². The third kappa shape index (κ3) is 5.49. The molecule has 3 fully saturated rings. The van der Waals surface area contributed by atoms with Gasteiger partial charge in [-0.15, -0.1) is 0 Å². The number of nitrogens with zero attached hydrogens (tertiary/aromatic N) is 2. The van der Waals surface area contributed by atoms with E-state index in [-0.39, 0.29) is 0 Å². The largest absolute Gasteiger partial charge is 0.497 e. The van der Waals surface area contributed by atoms with Gasteiger partial charge in [-0.2, -0.15) is 0 Å². The molecule has 0 bridgehead atoms. The quantitative estimate of drug-likeness (QED) is 0.664. The van der Waals surface area contributed by atoms with Gasteiger partial charge in [-0.3, -0.25) is 4.90 Å². The smallest absolute Gasteiger partial charge is 0.118 e. The van der Waals surface area contributed by atoms with Gasteiger partial charge in [0.05, 0.1) is 13.2 Å². The Kier molecular flexibility index (Phi) is 7.27. The molecular weight excluding hydrogens is 348 g/mol. The Morgan fingerprint density at radius 1 is 0.964 bits per heavy atom. The number of ether oxygens (including phenoxy) is 2. The summed E-state index contributed by atoms with van der Waals surface area (Å²) in [7, 11) is 1.73. The Labute approximate surface area is 171 Å². The van der Waals surface area contributed by atoms with E-state index in [4.69, 9.17) is 9.47 Å². The zero-order valence-corrected chi connectivity index (χ0v) is 17.7.